The topological polar surface area (TPSA) is 83.8 Å². The molecule has 37 heavy (non-hydrogen) atoms. The van der Waals surface area contributed by atoms with E-state index in [-0.39, 0.29) is 11.8 Å². The summed E-state index contributed by atoms with van der Waals surface area (Å²) in [6.45, 7) is 2.09. The molecule has 0 bridgehead atoms. The Hall–Kier alpha value is -4.10. The van der Waals surface area contributed by atoms with Gasteiger partial charge in [0.1, 0.15) is 17.6 Å². The Morgan fingerprint density at radius 2 is 1.97 bits per heavy atom. The van der Waals surface area contributed by atoms with Crippen molar-refractivity contribution >= 4 is 28.3 Å². The molecular weight excluding hydrogens is 466 g/mol. The van der Waals surface area contributed by atoms with E-state index >= 15 is 0 Å². The summed E-state index contributed by atoms with van der Waals surface area (Å²) >= 11 is 0. The van der Waals surface area contributed by atoms with Gasteiger partial charge in [0.15, 0.2) is 0 Å². The number of nitrogens with zero attached hydrogens (tertiary/aromatic N) is 1. The number of aryl methyl sites for hydroxylation is 1. The van der Waals surface area contributed by atoms with Gasteiger partial charge in [-0.3, -0.25) is 9.59 Å². The van der Waals surface area contributed by atoms with E-state index in [0.29, 0.717) is 25.1 Å². The van der Waals surface area contributed by atoms with Gasteiger partial charge in [-0.15, -0.1) is 0 Å². The lowest BCUT2D eigenvalue weighted by Gasteiger charge is -2.28. The van der Waals surface area contributed by atoms with E-state index in [4.69, 9.17) is 9.15 Å². The Kier molecular flexibility index (Phi) is 6.97. The molecule has 7 heteroatoms. The van der Waals surface area contributed by atoms with E-state index in [1.54, 1.807) is 32.2 Å². The molecule has 2 amide bonds. The smallest absolute Gasteiger partial charge is 0.249 e. The molecule has 7 nitrogen and oxygen atoms in total. The molecule has 4 aromatic rings. The van der Waals surface area contributed by atoms with E-state index in [2.05, 4.69) is 16.7 Å². The Balaban J connectivity index is 1.56. The van der Waals surface area contributed by atoms with Crippen molar-refractivity contribution in [2.24, 2.45) is 0 Å². The number of nitrogens with one attached hydrogen (secondary N) is 2. The number of hydrogen-bond donors (Lipinski definition) is 2. The summed E-state index contributed by atoms with van der Waals surface area (Å²) in [7, 11) is 3.37. The summed E-state index contributed by atoms with van der Waals surface area (Å²) < 4.78 is 11.3. The Morgan fingerprint density at radius 1 is 1.14 bits per heavy atom. The summed E-state index contributed by atoms with van der Waals surface area (Å²) in [4.78, 5) is 28.4. The van der Waals surface area contributed by atoms with E-state index in [0.717, 1.165) is 38.9 Å². The van der Waals surface area contributed by atoms with Crippen molar-refractivity contribution in [3.63, 3.8) is 0 Å². The molecule has 0 spiro atoms. The summed E-state index contributed by atoms with van der Waals surface area (Å²) in [6, 6.07) is 20.8. The molecule has 2 atom stereocenters. The summed E-state index contributed by atoms with van der Waals surface area (Å²) in [6.07, 6.45) is 2.89. The second kappa shape index (κ2) is 10.5. The highest BCUT2D eigenvalue weighted by atomic mass is 16.5. The minimum atomic E-state index is -0.623. The third-order valence-electron chi connectivity index (χ3n) is 7.12. The molecule has 0 saturated heterocycles. The fourth-order valence-electron chi connectivity index (χ4n) is 4.92. The van der Waals surface area contributed by atoms with Gasteiger partial charge in [-0.25, -0.2) is 0 Å². The van der Waals surface area contributed by atoms with Gasteiger partial charge < -0.3 is 24.7 Å². The van der Waals surface area contributed by atoms with Crippen molar-refractivity contribution in [1.82, 2.24) is 10.6 Å². The molecule has 0 aliphatic carbocycles. The van der Waals surface area contributed by atoms with Crippen LogP contribution in [-0.2, 0) is 22.6 Å². The van der Waals surface area contributed by atoms with Crippen LogP contribution in [0.1, 0.15) is 24.5 Å². The third-order valence-corrected chi connectivity index (χ3v) is 7.12. The zero-order valence-corrected chi connectivity index (χ0v) is 21.3. The third kappa shape index (κ3) is 4.82. The number of ether oxygens (including phenoxy) is 1. The normalized spacial score (nSPS) is 16.2. The monoisotopic (exact) mass is 497 g/mol. The van der Waals surface area contributed by atoms with Crippen molar-refractivity contribution in [3.05, 3.63) is 84.1 Å². The minimum Gasteiger partial charge on any atom is -0.496 e. The molecule has 5 rings (SSSR count). The first kappa shape index (κ1) is 24.6. The van der Waals surface area contributed by atoms with Gasteiger partial charge in [-0.1, -0.05) is 36.4 Å². The lowest BCUT2D eigenvalue weighted by molar-refractivity contribution is -0.128. The molecule has 1 aliphatic heterocycles. The predicted molar refractivity (Wildman–Crippen MR) is 145 cm³/mol. The standard InChI is InChI=1S/C30H31N3O4/c1-19(31-2)29(34)32-25-14-11-20-7-4-5-8-26(20)33(30(25)35)18-24-23-13-10-22(27-9-6-16-37-27)17-21(23)12-15-28(24)36-3/h4-10,12-13,15-17,19,25,31H,11,14,18H2,1-3H3,(H,32,34)/t19-,25?/m0/s1. The molecule has 3 aromatic carbocycles. The number of fused-ring (bicyclic) bond motifs is 2. The molecule has 0 saturated carbocycles. The SMILES string of the molecule is CN[C@@H](C)C(=O)NC1CCc2ccccc2N(Cc2c(OC)ccc3cc(-c4ccco4)ccc23)C1=O. The molecule has 2 heterocycles. The van der Waals surface area contributed by atoms with Gasteiger partial charge in [-0.05, 0) is 73.5 Å². The van der Waals surface area contributed by atoms with Crippen molar-refractivity contribution in [1.29, 1.82) is 0 Å². The second-order valence-electron chi connectivity index (χ2n) is 9.32. The van der Waals surface area contributed by atoms with Gasteiger partial charge in [0.25, 0.3) is 0 Å². The van der Waals surface area contributed by atoms with Crippen LogP contribution in [0.5, 0.6) is 5.75 Å². The van der Waals surface area contributed by atoms with Gasteiger partial charge in [0.05, 0.1) is 26.0 Å². The van der Waals surface area contributed by atoms with Crippen LogP contribution in [0, 0.1) is 0 Å². The lowest BCUT2D eigenvalue weighted by atomic mass is 9.99. The second-order valence-corrected chi connectivity index (χ2v) is 9.32. The summed E-state index contributed by atoms with van der Waals surface area (Å²) in [5.41, 5.74) is 3.82. The van der Waals surface area contributed by atoms with Crippen LogP contribution in [0.15, 0.2) is 77.4 Å². The van der Waals surface area contributed by atoms with E-state index < -0.39 is 12.1 Å². The van der Waals surface area contributed by atoms with Crippen LogP contribution in [0.25, 0.3) is 22.1 Å². The maximum atomic E-state index is 13.9. The number of carbonyl (C=O) groups excluding carboxylic acids is 2. The van der Waals surface area contributed by atoms with Gasteiger partial charge in [-0.2, -0.15) is 0 Å². The van der Waals surface area contributed by atoms with Crippen molar-refractivity contribution < 1.29 is 18.7 Å². The fraction of sp³-hybridized carbons (Fsp3) is 0.267. The number of anilines is 1. The van der Waals surface area contributed by atoms with E-state index in [9.17, 15) is 9.59 Å². The number of carbonyl (C=O) groups is 2. The Morgan fingerprint density at radius 3 is 2.73 bits per heavy atom. The van der Waals surface area contributed by atoms with Gasteiger partial charge in [0.2, 0.25) is 11.8 Å². The average Bonchev–Trinajstić information content (AvgIpc) is 3.44. The van der Waals surface area contributed by atoms with Crippen LogP contribution in [0.4, 0.5) is 5.69 Å². The Bertz CT molecular complexity index is 1430. The zero-order valence-electron chi connectivity index (χ0n) is 21.3. The number of hydrogen-bond acceptors (Lipinski definition) is 5. The van der Waals surface area contributed by atoms with Crippen LogP contribution >= 0.6 is 0 Å². The maximum Gasteiger partial charge on any atom is 0.249 e. The number of para-hydroxylation sites is 1. The van der Waals surface area contributed by atoms with Gasteiger partial charge in [0, 0.05) is 16.8 Å². The van der Waals surface area contributed by atoms with Crippen LogP contribution in [0.2, 0.25) is 0 Å². The number of rotatable bonds is 7. The first-order valence-electron chi connectivity index (χ1n) is 12.5. The molecule has 190 valence electrons. The number of amides is 2. The van der Waals surface area contributed by atoms with Crippen LogP contribution < -0.4 is 20.3 Å². The molecule has 0 radical (unpaired) electrons. The van der Waals surface area contributed by atoms with Crippen molar-refractivity contribution in [2.75, 3.05) is 19.1 Å². The molecular formula is C30H31N3O4. The quantitative estimate of drug-likeness (QED) is 0.387. The lowest BCUT2D eigenvalue weighted by Crippen LogP contribution is -2.52. The molecule has 0 fully saturated rings. The number of methoxy groups -OCH3 is 1. The first-order chi connectivity index (χ1) is 18.0. The summed E-state index contributed by atoms with van der Waals surface area (Å²) in [5.74, 6) is 1.18. The van der Waals surface area contributed by atoms with Crippen LogP contribution in [-0.4, -0.2) is 38.1 Å². The number of likely N-dealkylation sites (N-methyl/N-ethyl adjacent to an activating group) is 1. The van der Waals surface area contributed by atoms with Crippen molar-refractivity contribution in [2.45, 2.75) is 38.4 Å². The van der Waals surface area contributed by atoms with Gasteiger partial charge >= 0.3 is 0 Å². The minimum absolute atomic E-state index is 0.132. The largest absolute Gasteiger partial charge is 0.496 e. The van der Waals surface area contributed by atoms with Crippen LogP contribution in [0.3, 0.4) is 0 Å². The Labute approximate surface area is 216 Å². The molecule has 1 aliphatic rings. The zero-order chi connectivity index (χ0) is 25.9. The average molecular weight is 498 g/mol. The number of benzene rings is 3. The van der Waals surface area contributed by atoms with E-state index in [1.807, 2.05) is 60.7 Å². The maximum absolute atomic E-state index is 13.9. The van der Waals surface area contributed by atoms with E-state index in [1.165, 1.54) is 0 Å². The first-order valence-corrected chi connectivity index (χ1v) is 12.5. The summed E-state index contributed by atoms with van der Waals surface area (Å²) in [5, 5.41) is 7.92. The molecule has 1 unspecified atom stereocenters. The number of furan rings is 1. The molecule has 2 N–H and O–H groups in total. The fourth-order valence-corrected chi connectivity index (χ4v) is 4.92. The highest BCUT2D eigenvalue weighted by Gasteiger charge is 2.33. The predicted octanol–water partition coefficient (Wildman–Crippen LogP) is 4.68. The molecule has 1 aromatic heterocycles. The highest BCUT2D eigenvalue weighted by Crippen LogP contribution is 2.35. The van der Waals surface area contributed by atoms with Crippen molar-refractivity contribution in [3.8, 4) is 17.1 Å². The highest BCUT2D eigenvalue weighted by molar-refractivity contribution is 6.02.